The van der Waals surface area contributed by atoms with Gasteiger partial charge in [0.15, 0.2) is 0 Å². The van der Waals surface area contributed by atoms with Gasteiger partial charge in [-0.05, 0) is 54.9 Å². The normalized spacial score (nSPS) is 17.7. The van der Waals surface area contributed by atoms with Crippen LogP contribution in [0.25, 0.3) is 10.2 Å². The van der Waals surface area contributed by atoms with Gasteiger partial charge in [0, 0.05) is 31.5 Å². The molecule has 4 heterocycles. The summed E-state index contributed by atoms with van der Waals surface area (Å²) >= 11 is 1.75. The summed E-state index contributed by atoms with van der Waals surface area (Å²) in [6.45, 7) is 5.18. The second-order valence-corrected chi connectivity index (χ2v) is 7.16. The van der Waals surface area contributed by atoms with E-state index in [1.165, 1.54) is 15.8 Å². The Balaban J connectivity index is 1.37. The zero-order chi connectivity index (χ0) is 16.4. The monoisotopic (exact) mass is 339 g/mol. The molecule has 1 aliphatic rings. The number of thiophene rings is 1. The number of aromatic nitrogens is 3. The molecule has 1 N–H and O–H groups in total. The van der Waals surface area contributed by atoms with E-state index in [9.17, 15) is 0 Å². The standard InChI is InChI=1S/C18H21N5S/c1-13-11-24-17-16(13)21-12-22-18(17)23-9-5-15(10-23)20-8-4-14-2-6-19-7-3-14/h2-3,6-7,11-12,15,20H,4-5,8-10H2,1H3. The Labute approximate surface area is 145 Å². The van der Waals surface area contributed by atoms with Crippen LogP contribution in [0.3, 0.4) is 0 Å². The number of nitrogens with one attached hydrogen (secondary N) is 1. The number of anilines is 1. The molecule has 0 saturated carbocycles. The number of fused-ring (bicyclic) bond motifs is 1. The molecule has 0 spiro atoms. The first-order chi connectivity index (χ1) is 11.8. The van der Waals surface area contributed by atoms with Gasteiger partial charge in [0.1, 0.15) is 12.1 Å². The summed E-state index contributed by atoms with van der Waals surface area (Å²) in [7, 11) is 0. The van der Waals surface area contributed by atoms with Crippen LogP contribution in [0.1, 0.15) is 17.5 Å². The van der Waals surface area contributed by atoms with Gasteiger partial charge in [-0.15, -0.1) is 11.3 Å². The SMILES string of the molecule is Cc1csc2c(N3CCC(NCCc4ccncc4)C3)ncnc12. The Morgan fingerprint density at radius 2 is 2.17 bits per heavy atom. The number of aryl methyl sites for hydroxylation is 1. The number of hydrogen-bond donors (Lipinski definition) is 1. The van der Waals surface area contributed by atoms with Gasteiger partial charge in [0.05, 0.1) is 10.2 Å². The van der Waals surface area contributed by atoms with E-state index in [2.05, 4.69) is 49.6 Å². The second kappa shape index (κ2) is 6.83. The predicted octanol–water partition coefficient (Wildman–Crippen LogP) is 2.81. The fourth-order valence-electron chi connectivity index (χ4n) is 3.27. The van der Waals surface area contributed by atoms with Crippen LogP contribution in [0.2, 0.25) is 0 Å². The molecular weight excluding hydrogens is 318 g/mol. The van der Waals surface area contributed by atoms with E-state index < -0.39 is 0 Å². The minimum Gasteiger partial charge on any atom is -0.354 e. The zero-order valence-electron chi connectivity index (χ0n) is 13.8. The molecule has 6 heteroatoms. The number of hydrogen-bond acceptors (Lipinski definition) is 6. The van der Waals surface area contributed by atoms with Crippen LogP contribution >= 0.6 is 11.3 Å². The van der Waals surface area contributed by atoms with Crippen LogP contribution in [0.15, 0.2) is 36.2 Å². The van der Waals surface area contributed by atoms with Gasteiger partial charge in [-0.3, -0.25) is 4.98 Å². The molecule has 0 amide bonds. The Hall–Kier alpha value is -2.05. The van der Waals surface area contributed by atoms with E-state index in [4.69, 9.17) is 0 Å². The van der Waals surface area contributed by atoms with E-state index in [0.717, 1.165) is 43.8 Å². The molecule has 3 aromatic rings. The van der Waals surface area contributed by atoms with Crippen LogP contribution in [-0.4, -0.2) is 40.6 Å². The van der Waals surface area contributed by atoms with E-state index in [1.54, 1.807) is 17.7 Å². The van der Waals surface area contributed by atoms with Gasteiger partial charge in [0.2, 0.25) is 0 Å². The molecule has 24 heavy (non-hydrogen) atoms. The molecule has 1 aliphatic heterocycles. The first-order valence-electron chi connectivity index (χ1n) is 8.37. The van der Waals surface area contributed by atoms with Gasteiger partial charge in [0.25, 0.3) is 0 Å². The Morgan fingerprint density at radius 1 is 1.29 bits per heavy atom. The third-order valence-corrected chi connectivity index (χ3v) is 5.68. The van der Waals surface area contributed by atoms with Crippen molar-refractivity contribution >= 4 is 27.4 Å². The van der Waals surface area contributed by atoms with Crippen LogP contribution in [0, 0.1) is 6.92 Å². The fourth-order valence-corrected chi connectivity index (χ4v) is 4.29. The van der Waals surface area contributed by atoms with Gasteiger partial charge >= 0.3 is 0 Å². The third-order valence-electron chi connectivity index (χ3n) is 4.60. The smallest absolute Gasteiger partial charge is 0.150 e. The Morgan fingerprint density at radius 3 is 3.04 bits per heavy atom. The maximum atomic E-state index is 4.56. The molecule has 0 bridgehead atoms. The highest BCUT2D eigenvalue weighted by atomic mass is 32.1. The molecule has 0 radical (unpaired) electrons. The van der Waals surface area contributed by atoms with Crippen molar-refractivity contribution in [3.8, 4) is 0 Å². The first-order valence-corrected chi connectivity index (χ1v) is 9.25. The minimum absolute atomic E-state index is 0.526. The Kier molecular flexibility index (Phi) is 4.40. The highest BCUT2D eigenvalue weighted by Crippen LogP contribution is 2.32. The van der Waals surface area contributed by atoms with E-state index in [0.29, 0.717) is 6.04 Å². The highest BCUT2D eigenvalue weighted by molar-refractivity contribution is 7.18. The molecule has 0 aliphatic carbocycles. The van der Waals surface area contributed by atoms with Gasteiger partial charge in [-0.25, -0.2) is 9.97 Å². The van der Waals surface area contributed by atoms with Crippen molar-refractivity contribution in [2.75, 3.05) is 24.5 Å². The topological polar surface area (TPSA) is 53.9 Å². The van der Waals surface area contributed by atoms with Crippen LogP contribution < -0.4 is 10.2 Å². The van der Waals surface area contributed by atoms with Gasteiger partial charge < -0.3 is 10.2 Å². The fraction of sp³-hybridized carbons (Fsp3) is 0.389. The van der Waals surface area contributed by atoms with Crippen molar-refractivity contribution in [1.29, 1.82) is 0 Å². The lowest BCUT2D eigenvalue weighted by atomic mass is 10.2. The zero-order valence-corrected chi connectivity index (χ0v) is 14.6. The lowest BCUT2D eigenvalue weighted by Crippen LogP contribution is -2.34. The van der Waals surface area contributed by atoms with Crippen LogP contribution in [0.5, 0.6) is 0 Å². The second-order valence-electron chi connectivity index (χ2n) is 6.28. The molecule has 1 fully saturated rings. The van der Waals surface area contributed by atoms with Crippen molar-refractivity contribution in [2.45, 2.75) is 25.8 Å². The maximum Gasteiger partial charge on any atom is 0.150 e. The van der Waals surface area contributed by atoms with Crippen LogP contribution in [-0.2, 0) is 6.42 Å². The summed E-state index contributed by atoms with van der Waals surface area (Å²) in [5.41, 5.74) is 3.67. The highest BCUT2D eigenvalue weighted by Gasteiger charge is 2.25. The van der Waals surface area contributed by atoms with Gasteiger partial charge in [-0.2, -0.15) is 0 Å². The summed E-state index contributed by atoms with van der Waals surface area (Å²) in [4.78, 5) is 15.4. The molecule has 5 nitrogen and oxygen atoms in total. The predicted molar refractivity (Wildman–Crippen MR) is 98.7 cm³/mol. The average molecular weight is 339 g/mol. The van der Waals surface area contributed by atoms with Crippen molar-refractivity contribution in [3.63, 3.8) is 0 Å². The van der Waals surface area contributed by atoms with Crippen molar-refractivity contribution in [3.05, 3.63) is 47.4 Å². The molecule has 0 aromatic carbocycles. The molecule has 4 rings (SSSR count). The number of rotatable bonds is 5. The summed E-state index contributed by atoms with van der Waals surface area (Å²) in [5, 5.41) is 5.85. The summed E-state index contributed by atoms with van der Waals surface area (Å²) in [6, 6.07) is 4.69. The van der Waals surface area contributed by atoms with Crippen molar-refractivity contribution in [1.82, 2.24) is 20.3 Å². The Bertz CT molecular complexity index is 817. The first kappa shape index (κ1) is 15.5. The lowest BCUT2D eigenvalue weighted by molar-refractivity contribution is 0.554. The molecular formula is C18H21N5S. The molecule has 1 unspecified atom stereocenters. The summed E-state index contributed by atoms with van der Waals surface area (Å²) in [6.07, 6.45) is 7.61. The van der Waals surface area contributed by atoms with E-state index in [1.807, 2.05) is 12.4 Å². The lowest BCUT2D eigenvalue weighted by Gasteiger charge is -2.18. The molecule has 1 atom stereocenters. The molecule has 3 aromatic heterocycles. The quantitative estimate of drug-likeness (QED) is 0.775. The third kappa shape index (κ3) is 3.12. The molecule has 1 saturated heterocycles. The van der Waals surface area contributed by atoms with Crippen LogP contribution in [0.4, 0.5) is 5.82 Å². The van der Waals surface area contributed by atoms with Crippen molar-refractivity contribution < 1.29 is 0 Å². The van der Waals surface area contributed by atoms with E-state index >= 15 is 0 Å². The minimum atomic E-state index is 0.526. The number of nitrogens with zero attached hydrogens (tertiary/aromatic N) is 4. The molecule has 124 valence electrons. The van der Waals surface area contributed by atoms with Gasteiger partial charge in [-0.1, -0.05) is 0 Å². The van der Waals surface area contributed by atoms with E-state index in [-0.39, 0.29) is 0 Å². The van der Waals surface area contributed by atoms with Crippen molar-refractivity contribution in [2.24, 2.45) is 0 Å². The summed E-state index contributed by atoms with van der Waals surface area (Å²) in [5.74, 6) is 1.09. The summed E-state index contributed by atoms with van der Waals surface area (Å²) < 4.78 is 1.22. The maximum absolute atomic E-state index is 4.56. The number of pyridine rings is 1. The largest absolute Gasteiger partial charge is 0.354 e. The average Bonchev–Trinajstić information content (AvgIpc) is 3.23.